The summed E-state index contributed by atoms with van der Waals surface area (Å²) in [4.78, 5) is 4.46. The molecule has 0 fully saturated rings. The molecule has 2 aromatic rings. The van der Waals surface area contributed by atoms with E-state index in [1.165, 1.54) is 13.2 Å². The van der Waals surface area contributed by atoms with Crippen molar-refractivity contribution in [2.45, 2.75) is 13.3 Å². The predicted octanol–water partition coefficient (Wildman–Crippen LogP) is 2.08. The van der Waals surface area contributed by atoms with Gasteiger partial charge in [0.05, 0.1) is 19.4 Å². The van der Waals surface area contributed by atoms with Gasteiger partial charge in [-0.1, -0.05) is 0 Å². The molecule has 0 aliphatic heterocycles. The van der Waals surface area contributed by atoms with Gasteiger partial charge in [-0.15, -0.1) is 0 Å². The molecule has 0 aliphatic rings. The number of ether oxygens (including phenoxy) is 1. The molecule has 1 N–H and O–H groups in total. The van der Waals surface area contributed by atoms with Gasteiger partial charge in [-0.25, -0.2) is 9.37 Å². The van der Waals surface area contributed by atoms with Crippen molar-refractivity contribution in [2.75, 3.05) is 13.7 Å². The minimum Gasteiger partial charge on any atom is -0.494 e. The Kier molecular flexibility index (Phi) is 3.85. The zero-order valence-corrected chi connectivity index (χ0v) is 11.3. The molecule has 1 aromatic carbocycles. The molecule has 0 amide bonds. The van der Waals surface area contributed by atoms with Crippen LogP contribution in [0.15, 0.2) is 18.2 Å². The second-order valence-electron chi connectivity index (χ2n) is 4.34. The average molecular weight is 264 g/mol. The van der Waals surface area contributed by atoms with Gasteiger partial charge in [-0.3, -0.25) is 0 Å². The van der Waals surface area contributed by atoms with Gasteiger partial charge in [-0.2, -0.15) is 0 Å². The van der Waals surface area contributed by atoms with E-state index in [1.807, 2.05) is 18.5 Å². The van der Waals surface area contributed by atoms with E-state index in [4.69, 9.17) is 9.84 Å². The maximum absolute atomic E-state index is 13.7. The molecule has 102 valence electrons. The lowest BCUT2D eigenvalue weighted by molar-refractivity contribution is 0.295. The number of hydrogen-bond acceptors (Lipinski definition) is 3. The van der Waals surface area contributed by atoms with Crippen LogP contribution in [0.3, 0.4) is 0 Å². The maximum Gasteiger partial charge on any atom is 0.165 e. The minimum absolute atomic E-state index is 0.0424. The smallest absolute Gasteiger partial charge is 0.165 e. The van der Waals surface area contributed by atoms with Crippen LogP contribution in [0.4, 0.5) is 4.39 Å². The molecule has 0 spiro atoms. The predicted molar refractivity (Wildman–Crippen MR) is 70.7 cm³/mol. The molecule has 4 nitrogen and oxygen atoms in total. The number of methoxy groups -OCH3 is 1. The monoisotopic (exact) mass is 264 g/mol. The third kappa shape index (κ3) is 2.46. The summed E-state index contributed by atoms with van der Waals surface area (Å²) in [6.45, 7) is 1.96. The van der Waals surface area contributed by atoms with Gasteiger partial charge in [0.1, 0.15) is 5.82 Å². The third-order valence-corrected chi connectivity index (χ3v) is 3.23. The van der Waals surface area contributed by atoms with Gasteiger partial charge in [0.25, 0.3) is 0 Å². The first-order chi connectivity index (χ1) is 9.08. The summed E-state index contributed by atoms with van der Waals surface area (Å²) < 4.78 is 20.5. The summed E-state index contributed by atoms with van der Waals surface area (Å²) in [7, 11) is 3.32. The second kappa shape index (κ2) is 5.40. The van der Waals surface area contributed by atoms with Gasteiger partial charge in [0.15, 0.2) is 11.6 Å². The van der Waals surface area contributed by atoms with Crippen molar-refractivity contribution >= 4 is 0 Å². The van der Waals surface area contributed by atoms with Gasteiger partial charge in [-0.05, 0) is 25.1 Å². The maximum atomic E-state index is 13.7. The van der Waals surface area contributed by atoms with Crippen LogP contribution in [0, 0.1) is 12.7 Å². The van der Waals surface area contributed by atoms with Crippen LogP contribution >= 0.6 is 0 Å². The molecule has 0 unspecified atom stereocenters. The molecule has 0 radical (unpaired) electrons. The molecule has 0 saturated carbocycles. The molecule has 1 heterocycles. The van der Waals surface area contributed by atoms with Crippen molar-refractivity contribution in [2.24, 2.45) is 7.05 Å². The van der Waals surface area contributed by atoms with Crippen LogP contribution in [-0.2, 0) is 13.5 Å². The Hall–Kier alpha value is -1.88. The zero-order valence-electron chi connectivity index (χ0n) is 11.3. The van der Waals surface area contributed by atoms with Crippen LogP contribution in [0.2, 0.25) is 0 Å². The number of rotatable bonds is 4. The molecule has 5 heteroatoms. The lowest BCUT2D eigenvalue weighted by Gasteiger charge is -2.04. The topological polar surface area (TPSA) is 47.3 Å². The van der Waals surface area contributed by atoms with Gasteiger partial charge < -0.3 is 14.4 Å². The Bertz CT molecular complexity index is 593. The second-order valence-corrected chi connectivity index (χ2v) is 4.34. The summed E-state index contributed by atoms with van der Waals surface area (Å²) in [5.74, 6) is 0.591. The molecule has 2 rings (SSSR count). The highest BCUT2D eigenvalue weighted by atomic mass is 19.1. The molecule has 19 heavy (non-hydrogen) atoms. The summed E-state index contributed by atoms with van der Waals surface area (Å²) in [5.41, 5.74) is 2.37. The molecule has 0 saturated heterocycles. The van der Waals surface area contributed by atoms with Crippen LogP contribution in [0.5, 0.6) is 5.75 Å². The fraction of sp³-hybridized carbons (Fsp3) is 0.357. The average Bonchev–Trinajstić information content (AvgIpc) is 2.67. The first kappa shape index (κ1) is 13.5. The lowest BCUT2D eigenvalue weighted by Crippen LogP contribution is -2.01. The summed E-state index contributed by atoms with van der Waals surface area (Å²) in [6, 6.07) is 4.78. The van der Waals surface area contributed by atoms with E-state index in [0.717, 1.165) is 17.2 Å². The highest BCUT2D eigenvalue weighted by Crippen LogP contribution is 2.27. The quantitative estimate of drug-likeness (QED) is 0.919. The minimum atomic E-state index is -0.409. The molecule has 1 aromatic heterocycles. The Labute approximate surface area is 111 Å². The van der Waals surface area contributed by atoms with E-state index in [2.05, 4.69) is 4.98 Å². The fourth-order valence-electron chi connectivity index (χ4n) is 2.05. The van der Waals surface area contributed by atoms with Crippen LogP contribution < -0.4 is 4.74 Å². The van der Waals surface area contributed by atoms with Gasteiger partial charge in [0.2, 0.25) is 0 Å². The number of nitrogens with zero attached hydrogens (tertiary/aromatic N) is 2. The molecule has 0 atom stereocenters. The van der Waals surface area contributed by atoms with Crippen molar-refractivity contribution in [1.29, 1.82) is 0 Å². The number of aromatic nitrogens is 2. The van der Waals surface area contributed by atoms with E-state index < -0.39 is 5.82 Å². The molecule has 0 bridgehead atoms. The highest BCUT2D eigenvalue weighted by Gasteiger charge is 2.14. The number of imidazole rings is 1. The van der Waals surface area contributed by atoms with Crippen LogP contribution in [0.1, 0.15) is 11.5 Å². The Morgan fingerprint density at radius 2 is 2.16 bits per heavy atom. The van der Waals surface area contributed by atoms with Crippen molar-refractivity contribution < 1.29 is 14.2 Å². The van der Waals surface area contributed by atoms with E-state index in [0.29, 0.717) is 12.0 Å². The van der Waals surface area contributed by atoms with Gasteiger partial charge in [0, 0.05) is 24.7 Å². The number of aliphatic hydroxyl groups is 1. The summed E-state index contributed by atoms with van der Waals surface area (Å²) in [6.07, 6.45) is 0.482. The molecular formula is C14H17FN2O2. The van der Waals surface area contributed by atoms with Crippen molar-refractivity contribution in [3.63, 3.8) is 0 Å². The third-order valence-electron chi connectivity index (χ3n) is 3.23. The number of hydrogen-bond donors (Lipinski definition) is 1. The zero-order chi connectivity index (χ0) is 14.0. The first-order valence-electron chi connectivity index (χ1n) is 6.05. The van der Waals surface area contributed by atoms with Crippen molar-refractivity contribution in [3.8, 4) is 17.0 Å². The largest absolute Gasteiger partial charge is 0.494 e. The Balaban J connectivity index is 2.47. The van der Waals surface area contributed by atoms with Crippen LogP contribution in [-0.4, -0.2) is 28.4 Å². The van der Waals surface area contributed by atoms with E-state index in [-0.39, 0.29) is 12.4 Å². The van der Waals surface area contributed by atoms with E-state index in [9.17, 15) is 4.39 Å². The summed E-state index contributed by atoms with van der Waals surface area (Å²) >= 11 is 0. The molecular weight excluding hydrogens is 247 g/mol. The van der Waals surface area contributed by atoms with Crippen LogP contribution in [0.25, 0.3) is 11.3 Å². The summed E-state index contributed by atoms with van der Waals surface area (Å²) in [5, 5.41) is 9.00. The number of benzene rings is 1. The molecule has 0 aliphatic carbocycles. The highest BCUT2D eigenvalue weighted by molar-refractivity contribution is 5.63. The van der Waals surface area contributed by atoms with Crippen molar-refractivity contribution in [3.05, 3.63) is 35.5 Å². The number of aliphatic hydroxyl groups excluding tert-OH is 1. The fourth-order valence-corrected chi connectivity index (χ4v) is 2.05. The van der Waals surface area contributed by atoms with E-state index in [1.54, 1.807) is 12.1 Å². The van der Waals surface area contributed by atoms with Crippen molar-refractivity contribution in [1.82, 2.24) is 9.55 Å². The number of halogens is 1. The van der Waals surface area contributed by atoms with E-state index >= 15 is 0 Å². The Morgan fingerprint density at radius 1 is 1.42 bits per heavy atom. The van der Waals surface area contributed by atoms with Gasteiger partial charge >= 0.3 is 0 Å². The lowest BCUT2D eigenvalue weighted by atomic mass is 10.1. The first-order valence-corrected chi connectivity index (χ1v) is 6.05. The SMILES string of the molecule is COc1ccc(-c2nc(CCO)n(C)c2C)cc1F. The standard InChI is InChI=1S/C14H17FN2O2/c1-9-14(16-13(6-7-18)17(9)2)10-4-5-12(19-3)11(15)8-10/h4-5,8,18H,6-7H2,1-3H3. The Morgan fingerprint density at radius 3 is 2.74 bits per heavy atom. The normalized spacial score (nSPS) is 10.8.